The minimum Gasteiger partial charge on any atom is -0.490 e. The molecule has 1 fully saturated rings. The molecule has 6 nitrogen and oxygen atoms in total. The van der Waals surface area contributed by atoms with Crippen molar-refractivity contribution in [2.45, 2.75) is 38.2 Å². The quantitative estimate of drug-likeness (QED) is 0.788. The molecule has 2 aromatic rings. The number of halogens is 1. The van der Waals surface area contributed by atoms with Crippen LogP contribution in [0, 0.1) is 0 Å². The van der Waals surface area contributed by atoms with Gasteiger partial charge in [-0.1, -0.05) is 15.9 Å². The van der Waals surface area contributed by atoms with Crippen molar-refractivity contribution in [3.8, 4) is 11.5 Å². The van der Waals surface area contributed by atoms with Gasteiger partial charge in [0.05, 0.1) is 6.61 Å². The van der Waals surface area contributed by atoms with Crippen molar-refractivity contribution in [3.63, 3.8) is 0 Å². The molecule has 1 aromatic carbocycles. The van der Waals surface area contributed by atoms with Crippen molar-refractivity contribution < 1.29 is 9.47 Å². The maximum absolute atomic E-state index is 6.36. The first kappa shape index (κ1) is 17.1. The molecule has 0 unspecified atom stereocenters. The lowest BCUT2D eigenvalue weighted by molar-refractivity contribution is 0.0348. The van der Waals surface area contributed by atoms with Crippen molar-refractivity contribution in [3.05, 3.63) is 41.1 Å². The molecule has 0 amide bonds. The van der Waals surface area contributed by atoms with Gasteiger partial charge in [-0.15, -0.1) is 0 Å². The molecule has 4 rings (SSSR count). The largest absolute Gasteiger partial charge is 0.490 e. The Morgan fingerprint density at radius 1 is 1.31 bits per heavy atom. The summed E-state index contributed by atoms with van der Waals surface area (Å²) < 4.78 is 13.3. The van der Waals surface area contributed by atoms with E-state index in [0.717, 1.165) is 45.5 Å². The molecule has 136 valence electrons. The fraction of sp³-hybridized carbons (Fsp3) is 0.368. The van der Waals surface area contributed by atoms with E-state index in [1.54, 1.807) is 6.20 Å². The molecule has 0 bridgehead atoms. The Hall–Kier alpha value is -2.28. The Balaban J connectivity index is 1.74. The first-order valence-corrected chi connectivity index (χ1v) is 9.53. The van der Waals surface area contributed by atoms with Gasteiger partial charge in [-0.2, -0.15) is 4.98 Å². The number of rotatable bonds is 4. The highest BCUT2D eigenvalue weighted by Gasteiger charge is 2.42. The smallest absolute Gasteiger partial charge is 0.221 e. The minimum absolute atomic E-state index is 0.177. The van der Waals surface area contributed by atoms with E-state index in [9.17, 15) is 0 Å². The van der Waals surface area contributed by atoms with Crippen LogP contribution >= 0.6 is 15.9 Å². The lowest BCUT2D eigenvalue weighted by atomic mass is 9.78. The molecule has 2 aliphatic rings. The summed E-state index contributed by atoms with van der Waals surface area (Å²) in [6.07, 6.45) is 7.69. The number of nitrogen functional groups attached to an aromatic ring is 2. The van der Waals surface area contributed by atoms with Crippen molar-refractivity contribution in [1.82, 2.24) is 9.97 Å². The van der Waals surface area contributed by atoms with Crippen molar-refractivity contribution in [2.24, 2.45) is 0 Å². The summed E-state index contributed by atoms with van der Waals surface area (Å²) in [5.74, 6) is 2.14. The molecular formula is C19H21BrN4O2. The van der Waals surface area contributed by atoms with Crippen LogP contribution in [-0.2, 0) is 6.42 Å². The predicted octanol–water partition coefficient (Wildman–Crippen LogP) is 3.68. The highest BCUT2D eigenvalue weighted by atomic mass is 79.9. The second-order valence-corrected chi connectivity index (χ2v) is 7.59. The Morgan fingerprint density at radius 3 is 2.77 bits per heavy atom. The first-order valence-electron chi connectivity index (χ1n) is 8.74. The molecule has 1 saturated carbocycles. The van der Waals surface area contributed by atoms with Crippen LogP contribution in [0.5, 0.6) is 11.5 Å². The maximum Gasteiger partial charge on any atom is 0.221 e. The zero-order valence-electron chi connectivity index (χ0n) is 14.6. The third-order valence-electron chi connectivity index (χ3n) is 4.88. The average Bonchev–Trinajstić information content (AvgIpc) is 2.57. The number of aromatic nitrogens is 2. The summed E-state index contributed by atoms with van der Waals surface area (Å²) in [5.41, 5.74) is 14.3. The van der Waals surface area contributed by atoms with Crippen molar-refractivity contribution >= 4 is 32.2 Å². The van der Waals surface area contributed by atoms with Crippen molar-refractivity contribution in [2.75, 3.05) is 18.1 Å². The van der Waals surface area contributed by atoms with Gasteiger partial charge in [0.25, 0.3) is 0 Å². The lowest BCUT2D eigenvalue weighted by Crippen LogP contribution is -2.42. The molecule has 1 spiro atoms. The van der Waals surface area contributed by atoms with Gasteiger partial charge in [-0.25, -0.2) is 4.98 Å². The number of anilines is 2. The third kappa shape index (κ3) is 3.00. The zero-order chi connectivity index (χ0) is 18.3. The highest BCUT2D eigenvalue weighted by molar-refractivity contribution is 9.15. The first-order chi connectivity index (χ1) is 12.5. The summed E-state index contributed by atoms with van der Waals surface area (Å²) in [6.45, 7) is 2.54. The number of fused-ring (bicyclic) bond motifs is 1. The van der Waals surface area contributed by atoms with Crippen LogP contribution in [0.3, 0.4) is 0 Å². The number of nitrogens with zero attached hydrogens (tertiary/aromatic N) is 2. The number of nitrogens with two attached hydrogens (primary N) is 2. The summed E-state index contributed by atoms with van der Waals surface area (Å²) >= 11 is 3.73. The predicted molar refractivity (Wildman–Crippen MR) is 105 cm³/mol. The van der Waals surface area contributed by atoms with Crippen LogP contribution in [0.25, 0.3) is 4.48 Å². The molecule has 2 heterocycles. The molecule has 0 saturated heterocycles. The van der Waals surface area contributed by atoms with Gasteiger partial charge in [-0.3, -0.25) is 0 Å². The standard InChI is InChI=1S/C19H21BrN4O2/c1-2-25-15-8-11(6-12-10-23-18(22)24-17(12)21)7-13-14(20)9-19(4-3-5-19)26-16(13)15/h7-10H,2-6H2,1H3,(H4,21,22,23,24). The van der Waals surface area contributed by atoms with Gasteiger partial charge >= 0.3 is 0 Å². The van der Waals surface area contributed by atoms with E-state index in [0.29, 0.717) is 18.8 Å². The average molecular weight is 417 g/mol. The van der Waals surface area contributed by atoms with E-state index in [1.807, 2.05) is 13.0 Å². The molecule has 1 aliphatic heterocycles. The van der Waals surface area contributed by atoms with Crippen LogP contribution in [0.15, 0.2) is 24.4 Å². The molecule has 1 aromatic heterocycles. The Morgan fingerprint density at radius 2 is 2.12 bits per heavy atom. The van der Waals surface area contributed by atoms with Gasteiger partial charge in [-0.05, 0) is 50.0 Å². The fourth-order valence-electron chi connectivity index (χ4n) is 3.41. The van der Waals surface area contributed by atoms with Crippen LogP contribution < -0.4 is 20.9 Å². The Kier molecular flexibility index (Phi) is 4.26. The summed E-state index contributed by atoms with van der Waals surface area (Å²) in [5, 5.41) is 0. The minimum atomic E-state index is -0.186. The molecule has 26 heavy (non-hydrogen) atoms. The van der Waals surface area contributed by atoms with E-state index < -0.39 is 0 Å². The summed E-state index contributed by atoms with van der Waals surface area (Å²) in [6, 6.07) is 4.11. The Bertz CT molecular complexity index is 893. The van der Waals surface area contributed by atoms with E-state index in [-0.39, 0.29) is 11.5 Å². The van der Waals surface area contributed by atoms with Crippen LogP contribution in [0.2, 0.25) is 0 Å². The lowest BCUT2D eigenvalue weighted by Gasteiger charge is -2.43. The normalized spacial score (nSPS) is 17.1. The summed E-state index contributed by atoms with van der Waals surface area (Å²) in [4.78, 5) is 8.08. The van der Waals surface area contributed by atoms with Crippen LogP contribution in [0.1, 0.15) is 42.9 Å². The molecule has 1 aliphatic carbocycles. The third-order valence-corrected chi connectivity index (χ3v) is 5.53. The topological polar surface area (TPSA) is 96.3 Å². The van der Waals surface area contributed by atoms with E-state index in [1.165, 1.54) is 6.42 Å². The van der Waals surface area contributed by atoms with Crippen molar-refractivity contribution in [1.29, 1.82) is 0 Å². The second-order valence-electron chi connectivity index (χ2n) is 6.73. The number of ether oxygens (including phenoxy) is 2. The summed E-state index contributed by atoms with van der Waals surface area (Å²) in [7, 11) is 0. The second kappa shape index (κ2) is 6.46. The monoisotopic (exact) mass is 416 g/mol. The molecule has 0 radical (unpaired) electrons. The number of hydrogen-bond acceptors (Lipinski definition) is 6. The maximum atomic E-state index is 6.36. The van der Waals surface area contributed by atoms with Gasteiger partial charge in [0, 0.05) is 28.2 Å². The van der Waals surface area contributed by atoms with E-state index in [2.05, 4.69) is 38.0 Å². The van der Waals surface area contributed by atoms with Gasteiger partial charge in [0.15, 0.2) is 11.5 Å². The zero-order valence-corrected chi connectivity index (χ0v) is 16.2. The van der Waals surface area contributed by atoms with Gasteiger partial charge in [0.2, 0.25) is 5.95 Å². The van der Waals surface area contributed by atoms with Gasteiger partial charge < -0.3 is 20.9 Å². The fourth-order valence-corrected chi connectivity index (χ4v) is 4.12. The highest BCUT2D eigenvalue weighted by Crippen LogP contribution is 2.51. The number of benzene rings is 1. The molecule has 4 N–H and O–H groups in total. The Labute approximate surface area is 160 Å². The van der Waals surface area contributed by atoms with E-state index in [4.69, 9.17) is 20.9 Å². The van der Waals surface area contributed by atoms with Crippen LogP contribution in [0.4, 0.5) is 11.8 Å². The van der Waals surface area contributed by atoms with E-state index >= 15 is 0 Å². The van der Waals surface area contributed by atoms with Gasteiger partial charge in [0.1, 0.15) is 11.4 Å². The SMILES string of the molecule is CCOc1cc(Cc2cnc(N)nc2N)cc2c1OC1(C=C2Br)CCC1. The molecule has 7 heteroatoms. The number of hydrogen-bond donors (Lipinski definition) is 2. The molecule has 0 atom stereocenters. The molecular weight excluding hydrogens is 396 g/mol. The van der Waals surface area contributed by atoms with Crippen LogP contribution in [-0.4, -0.2) is 22.2 Å².